The number of carbonyl (C=O) groups is 2. The van der Waals surface area contributed by atoms with Crippen LogP contribution in [0, 0.1) is 5.92 Å². The molecule has 1 atom stereocenters. The number of fused-ring (bicyclic) bond motifs is 1. The van der Waals surface area contributed by atoms with E-state index in [1.54, 1.807) is 0 Å². The molecule has 3 amide bonds. The third kappa shape index (κ3) is 4.57. The van der Waals surface area contributed by atoms with Gasteiger partial charge < -0.3 is 5.32 Å². The molecule has 0 radical (unpaired) electrons. The molecule has 1 heterocycles. The number of aliphatic imine (C=N–C) groups is 2. The molecule has 132 valence electrons. The molecule has 6 heteroatoms. The second-order valence-electron chi connectivity index (χ2n) is 6.75. The number of nitrogens with one attached hydrogen (secondary N) is 1. The molecule has 25 heavy (non-hydrogen) atoms. The van der Waals surface area contributed by atoms with Crippen LogP contribution in [0.2, 0.25) is 0 Å². The van der Waals surface area contributed by atoms with Gasteiger partial charge in [-0.05, 0) is 42.9 Å². The molecule has 2 aliphatic rings. The van der Waals surface area contributed by atoms with E-state index in [4.69, 9.17) is 0 Å². The van der Waals surface area contributed by atoms with Gasteiger partial charge in [-0.3, -0.25) is 4.79 Å². The van der Waals surface area contributed by atoms with Crippen molar-refractivity contribution in [2.75, 3.05) is 11.1 Å². The Morgan fingerprint density at radius 3 is 2.72 bits per heavy atom. The van der Waals surface area contributed by atoms with Crippen molar-refractivity contribution in [1.29, 1.82) is 0 Å². The van der Waals surface area contributed by atoms with E-state index in [1.165, 1.54) is 17.3 Å². The van der Waals surface area contributed by atoms with Crippen molar-refractivity contribution in [3.05, 3.63) is 29.8 Å². The molecule has 3 rings (SSSR count). The molecule has 1 N–H and O–H groups in total. The van der Waals surface area contributed by atoms with Crippen molar-refractivity contribution in [2.45, 2.75) is 45.4 Å². The Hall–Kier alpha value is -1.95. The lowest BCUT2D eigenvalue weighted by atomic mass is 9.87. The number of hydrogen-bond donors (Lipinski definition) is 1. The molecule has 1 fully saturated rings. The van der Waals surface area contributed by atoms with Crippen LogP contribution in [0.3, 0.4) is 0 Å². The van der Waals surface area contributed by atoms with Crippen LogP contribution in [0.5, 0.6) is 0 Å². The minimum Gasteiger partial charge on any atom is -0.325 e. The smallest absolute Gasteiger partial charge is 0.325 e. The van der Waals surface area contributed by atoms with Crippen LogP contribution < -0.4 is 5.32 Å². The van der Waals surface area contributed by atoms with Crippen LogP contribution >= 0.6 is 11.8 Å². The number of benzene rings is 1. The topological polar surface area (TPSA) is 70.9 Å². The molecule has 0 spiro atoms. The van der Waals surface area contributed by atoms with Gasteiger partial charge in [0.2, 0.25) is 5.91 Å². The zero-order chi connectivity index (χ0) is 17.8. The molecule has 1 saturated carbocycles. The summed E-state index contributed by atoms with van der Waals surface area (Å²) in [4.78, 5) is 32.0. The predicted octanol–water partition coefficient (Wildman–Crippen LogP) is 4.65. The van der Waals surface area contributed by atoms with E-state index in [0.717, 1.165) is 42.1 Å². The molecule has 1 aliphatic heterocycles. The third-order valence-corrected chi connectivity index (χ3v) is 5.61. The highest BCUT2D eigenvalue weighted by atomic mass is 32.2. The fourth-order valence-electron chi connectivity index (χ4n) is 3.14. The summed E-state index contributed by atoms with van der Waals surface area (Å²) < 4.78 is 0. The fourth-order valence-corrected chi connectivity index (χ4v) is 4.08. The molecule has 0 bridgehead atoms. The van der Waals surface area contributed by atoms with Crippen molar-refractivity contribution in [3.8, 4) is 0 Å². The number of urea groups is 1. The Kier molecular flexibility index (Phi) is 5.68. The highest BCUT2D eigenvalue weighted by Crippen LogP contribution is 2.30. The molecule has 1 unspecified atom stereocenters. The minimum absolute atomic E-state index is 0.0858. The van der Waals surface area contributed by atoms with Gasteiger partial charge in [-0.25, -0.2) is 9.79 Å². The molecule has 1 aliphatic carbocycles. The van der Waals surface area contributed by atoms with E-state index in [9.17, 15) is 9.59 Å². The summed E-state index contributed by atoms with van der Waals surface area (Å²) in [5, 5.41) is 3.65. The van der Waals surface area contributed by atoms with Gasteiger partial charge in [0, 0.05) is 17.3 Å². The largest absolute Gasteiger partial charge is 0.367 e. The normalized spacial score (nSPS) is 20.0. The van der Waals surface area contributed by atoms with Crippen molar-refractivity contribution in [1.82, 2.24) is 0 Å². The standard InChI is InChI=1S/C19H23N3O2S/c1-12(2)13-7-9-14(10-8-13)20-17(23)11-25-18-15-5-3-4-6-16(15)21-19(24)22-18/h7-10,12,15H,3-6,11H2,1-2H3,(H,20,23). The van der Waals surface area contributed by atoms with Crippen LogP contribution in [0.25, 0.3) is 0 Å². The van der Waals surface area contributed by atoms with Gasteiger partial charge >= 0.3 is 6.03 Å². The summed E-state index contributed by atoms with van der Waals surface area (Å²) in [6, 6.07) is 7.47. The zero-order valence-electron chi connectivity index (χ0n) is 14.6. The Morgan fingerprint density at radius 2 is 2.00 bits per heavy atom. The van der Waals surface area contributed by atoms with Crippen molar-refractivity contribution < 1.29 is 9.59 Å². The van der Waals surface area contributed by atoms with Gasteiger partial charge in [0.05, 0.1) is 10.8 Å². The first kappa shape index (κ1) is 17.9. The second-order valence-corrected chi connectivity index (χ2v) is 7.74. The number of nitrogens with zero attached hydrogens (tertiary/aromatic N) is 2. The molecular formula is C19H23N3O2S. The molecule has 1 aromatic carbocycles. The highest BCUT2D eigenvalue weighted by Gasteiger charge is 2.30. The van der Waals surface area contributed by atoms with Crippen molar-refractivity contribution in [2.24, 2.45) is 15.9 Å². The monoisotopic (exact) mass is 357 g/mol. The van der Waals surface area contributed by atoms with E-state index in [-0.39, 0.29) is 17.6 Å². The number of anilines is 1. The molecule has 1 aromatic rings. The Bertz CT molecular complexity index is 723. The van der Waals surface area contributed by atoms with E-state index in [2.05, 4.69) is 29.1 Å². The predicted molar refractivity (Wildman–Crippen MR) is 104 cm³/mol. The van der Waals surface area contributed by atoms with Gasteiger partial charge in [0.15, 0.2) is 0 Å². The second kappa shape index (κ2) is 7.95. The number of hydrogen-bond acceptors (Lipinski definition) is 3. The maximum atomic E-state index is 12.2. The average molecular weight is 357 g/mol. The Labute approximate surface area is 152 Å². The van der Waals surface area contributed by atoms with E-state index < -0.39 is 6.03 Å². The van der Waals surface area contributed by atoms with Gasteiger partial charge in [-0.15, -0.1) is 0 Å². The van der Waals surface area contributed by atoms with E-state index in [0.29, 0.717) is 5.92 Å². The summed E-state index contributed by atoms with van der Waals surface area (Å²) in [5.41, 5.74) is 2.97. The number of rotatable bonds is 4. The van der Waals surface area contributed by atoms with Crippen LogP contribution in [-0.2, 0) is 4.79 Å². The molecule has 5 nitrogen and oxygen atoms in total. The Morgan fingerprint density at radius 1 is 1.24 bits per heavy atom. The summed E-state index contributed by atoms with van der Waals surface area (Å²) >= 11 is 1.36. The maximum absolute atomic E-state index is 12.2. The van der Waals surface area contributed by atoms with E-state index in [1.807, 2.05) is 24.3 Å². The van der Waals surface area contributed by atoms with Gasteiger partial charge in [-0.2, -0.15) is 4.99 Å². The van der Waals surface area contributed by atoms with Crippen LogP contribution in [0.1, 0.15) is 51.0 Å². The summed E-state index contributed by atoms with van der Waals surface area (Å²) in [6.45, 7) is 4.28. The molecular weight excluding hydrogens is 334 g/mol. The maximum Gasteiger partial charge on any atom is 0.367 e. The first-order chi connectivity index (χ1) is 12.0. The highest BCUT2D eigenvalue weighted by molar-refractivity contribution is 8.14. The summed E-state index contributed by atoms with van der Waals surface area (Å²) in [5.74, 6) is 0.766. The first-order valence-electron chi connectivity index (χ1n) is 8.75. The number of thioether (sulfide) groups is 1. The minimum atomic E-state index is -0.430. The molecule has 0 saturated heterocycles. The SMILES string of the molecule is CC(C)c1ccc(NC(=O)CSC2=NC(=O)N=C3CCCCC32)cc1. The lowest BCUT2D eigenvalue weighted by Gasteiger charge is -2.26. The van der Waals surface area contributed by atoms with Gasteiger partial charge in [0.25, 0.3) is 0 Å². The van der Waals surface area contributed by atoms with Crippen LogP contribution in [0.15, 0.2) is 34.3 Å². The lowest BCUT2D eigenvalue weighted by molar-refractivity contribution is -0.113. The number of amides is 3. The first-order valence-corrected chi connectivity index (χ1v) is 9.74. The molecule has 0 aromatic heterocycles. The van der Waals surface area contributed by atoms with Crippen molar-refractivity contribution >= 4 is 40.1 Å². The van der Waals surface area contributed by atoms with Crippen LogP contribution in [0.4, 0.5) is 10.5 Å². The number of carbonyl (C=O) groups excluding carboxylic acids is 2. The van der Waals surface area contributed by atoms with Crippen LogP contribution in [-0.4, -0.2) is 28.4 Å². The summed E-state index contributed by atoms with van der Waals surface area (Å²) in [7, 11) is 0. The fraction of sp³-hybridized carbons (Fsp3) is 0.474. The quantitative estimate of drug-likeness (QED) is 0.853. The Balaban J connectivity index is 1.56. The summed E-state index contributed by atoms with van der Waals surface area (Å²) in [6.07, 6.45) is 4.03. The van der Waals surface area contributed by atoms with E-state index >= 15 is 0 Å². The van der Waals surface area contributed by atoms with Gasteiger partial charge in [-0.1, -0.05) is 44.2 Å². The average Bonchev–Trinajstić information content (AvgIpc) is 2.60. The lowest BCUT2D eigenvalue weighted by Crippen LogP contribution is -2.31. The van der Waals surface area contributed by atoms with Gasteiger partial charge in [0.1, 0.15) is 0 Å². The van der Waals surface area contributed by atoms with Crippen molar-refractivity contribution in [3.63, 3.8) is 0 Å². The zero-order valence-corrected chi connectivity index (χ0v) is 15.4. The third-order valence-electron chi connectivity index (χ3n) is 4.53.